The van der Waals surface area contributed by atoms with E-state index in [9.17, 15) is 0 Å². The molecule has 1 N–H and O–H groups in total. The minimum atomic E-state index is 0.580. The van der Waals surface area contributed by atoms with Crippen LogP contribution >= 0.6 is 0 Å². The molecule has 106 valence electrons. The number of ether oxygens (including phenoxy) is 1. The van der Waals surface area contributed by atoms with E-state index in [-0.39, 0.29) is 0 Å². The van der Waals surface area contributed by atoms with Crippen LogP contribution in [-0.2, 0) is 0 Å². The first kappa shape index (κ1) is 14.3. The predicted octanol–water partition coefficient (Wildman–Crippen LogP) is 3.51. The van der Waals surface area contributed by atoms with E-state index < -0.39 is 0 Å². The van der Waals surface area contributed by atoms with E-state index in [1.54, 1.807) is 13.3 Å². The molecule has 0 saturated heterocycles. The number of methoxy groups -OCH3 is 1. The Morgan fingerprint density at radius 2 is 2.11 bits per heavy atom. The number of nitrogens with one attached hydrogen (secondary N) is 1. The summed E-state index contributed by atoms with van der Waals surface area (Å²) in [7, 11) is 1.71. The van der Waals surface area contributed by atoms with Crippen molar-refractivity contribution in [3.8, 4) is 5.75 Å². The zero-order chi connectivity index (χ0) is 13.5. The molecule has 19 heavy (non-hydrogen) atoms. The molecule has 0 aromatic carbocycles. The summed E-state index contributed by atoms with van der Waals surface area (Å²) >= 11 is 0. The summed E-state index contributed by atoms with van der Waals surface area (Å²) < 4.78 is 5.31. The van der Waals surface area contributed by atoms with Gasteiger partial charge in [0.1, 0.15) is 5.75 Å². The van der Waals surface area contributed by atoms with Crippen LogP contribution in [0.5, 0.6) is 5.75 Å². The van der Waals surface area contributed by atoms with Crippen molar-refractivity contribution in [1.29, 1.82) is 0 Å². The molecule has 2 unspecified atom stereocenters. The van der Waals surface area contributed by atoms with Gasteiger partial charge in [0.05, 0.1) is 13.3 Å². The van der Waals surface area contributed by atoms with Gasteiger partial charge in [0.25, 0.3) is 0 Å². The molecule has 0 aliphatic heterocycles. The minimum absolute atomic E-state index is 0.580. The molecule has 0 radical (unpaired) electrons. The average Bonchev–Trinajstić information content (AvgIpc) is 2.70. The Kier molecular flexibility index (Phi) is 5.64. The van der Waals surface area contributed by atoms with Crippen LogP contribution in [0.15, 0.2) is 18.5 Å². The molecule has 1 saturated carbocycles. The lowest BCUT2D eigenvalue weighted by atomic mass is 9.88. The predicted molar refractivity (Wildman–Crippen MR) is 78.7 cm³/mol. The summed E-state index contributed by atoms with van der Waals surface area (Å²) in [4.78, 5) is 4.32. The van der Waals surface area contributed by atoms with Gasteiger partial charge in [-0.25, -0.2) is 0 Å². The molecule has 1 aromatic rings. The van der Waals surface area contributed by atoms with Crippen LogP contribution in [0, 0.1) is 0 Å². The van der Waals surface area contributed by atoms with Gasteiger partial charge in [0, 0.05) is 18.2 Å². The molecular formula is C16H26N2O. The zero-order valence-electron chi connectivity index (χ0n) is 12.2. The van der Waals surface area contributed by atoms with Crippen LogP contribution in [0.4, 0.5) is 0 Å². The second-order valence-electron chi connectivity index (χ2n) is 5.46. The summed E-state index contributed by atoms with van der Waals surface area (Å²) in [5.74, 6) is 1.45. The third-order valence-electron chi connectivity index (χ3n) is 4.07. The first-order valence-corrected chi connectivity index (χ1v) is 7.57. The van der Waals surface area contributed by atoms with Gasteiger partial charge in [0.15, 0.2) is 0 Å². The Morgan fingerprint density at radius 1 is 1.26 bits per heavy atom. The van der Waals surface area contributed by atoms with Gasteiger partial charge in [-0.05, 0) is 37.4 Å². The fourth-order valence-electron chi connectivity index (χ4n) is 3.03. The van der Waals surface area contributed by atoms with Gasteiger partial charge in [-0.1, -0.05) is 26.2 Å². The molecule has 1 aliphatic rings. The summed E-state index contributed by atoms with van der Waals surface area (Å²) in [5.41, 5.74) is 1.33. The largest absolute Gasteiger partial charge is 0.495 e. The van der Waals surface area contributed by atoms with Crippen LogP contribution < -0.4 is 10.1 Å². The van der Waals surface area contributed by atoms with Gasteiger partial charge in [-0.2, -0.15) is 0 Å². The van der Waals surface area contributed by atoms with Crippen molar-refractivity contribution >= 4 is 0 Å². The molecule has 1 aromatic heterocycles. The van der Waals surface area contributed by atoms with E-state index >= 15 is 0 Å². The number of hydrogen-bond donors (Lipinski definition) is 1. The van der Waals surface area contributed by atoms with Gasteiger partial charge in [-0.15, -0.1) is 0 Å². The van der Waals surface area contributed by atoms with E-state index in [0.717, 1.165) is 12.3 Å². The van der Waals surface area contributed by atoms with Crippen molar-refractivity contribution in [2.75, 3.05) is 13.7 Å². The van der Waals surface area contributed by atoms with Crippen molar-refractivity contribution in [1.82, 2.24) is 10.3 Å². The van der Waals surface area contributed by atoms with Crippen molar-refractivity contribution < 1.29 is 4.74 Å². The van der Waals surface area contributed by atoms with E-state index in [4.69, 9.17) is 4.74 Å². The highest BCUT2D eigenvalue weighted by Crippen LogP contribution is 2.33. The maximum Gasteiger partial charge on any atom is 0.137 e. The SMILES string of the molecule is CCCNC1CCCCCC1c1cncc(OC)c1. The molecule has 3 nitrogen and oxygen atoms in total. The van der Waals surface area contributed by atoms with Crippen molar-refractivity contribution in [3.63, 3.8) is 0 Å². The van der Waals surface area contributed by atoms with E-state index in [1.807, 2.05) is 6.20 Å². The van der Waals surface area contributed by atoms with Crippen LogP contribution in [0.2, 0.25) is 0 Å². The topological polar surface area (TPSA) is 34.2 Å². The molecule has 0 amide bonds. The zero-order valence-corrected chi connectivity index (χ0v) is 12.2. The molecule has 1 aliphatic carbocycles. The highest BCUT2D eigenvalue weighted by atomic mass is 16.5. The van der Waals surface area contributed by atoms with Crippen LogP contribution in [0.1, 0.15) is 56.9 Å². The van der Waals surface area contributed by atoms with Crippen molar-refractivity contribution in [2.45, 2.75) is 57.4 Å². The standard InChI is InChI=1S/C16H26N2O/c1-3-9-18-16-8-6-4-5-7-15(16)13-10-14(19-2)12-17-11-13/h10-12,15-16,18H,3-9H2,1-2H3. The second kappa shape index (κ2) is 7.49. The summed E-state index contributed by atoms with van der Waals surface area (Å²) in [6, 6.07) is 2.75. The van der Waals surface area contributed by atoms with E-state index in [1.165, 1.54) is 44.1 Å². The van der Waals surface area contributed by atoms with E-state index in [0.29, 0.717) is 12.0 Å². The van der Waals surface area contributed by atoms with Crippen molar-refractivity contribution in [2.24, 2.45) is 0 Å². The Hall–Kier alpha value is -1.09. The fraction of sp³-hybridized carbons (Fsp3) is 0.688. The summed E-state index contributed by atoms with van der Waals surface area (Å²) in [5, 5.41) is 3.73. The average molecular weight is 262 g/mol. The molecule has 3 heteroatoms. The van der Waals surface area contributed by atoms with Crippen LogP contribution in [0.3, 0.4) is 0 Å². The maximum atomic E-state index is 5.31. The third kappa shape index (κ3) is 3.93. The first-order chi connectivity index (χ1) is 9.35. The minimum Gasteiger partial charge on any atom is -0.495 e. The Morgan fingerprint density at radius 3 is 2.89 bits per heavy atom. The third-order valence-corrected chi connectivity index (χ3v) is 4.07. The number of rotatable bonds is 5. The molecular weight excluding hydrogens is 236 g/mol. The highest BCUT2D eigenvalue weighted by molar-refractivity contribution is 5.27. The highest BCUT2D eigenvalue weighted by Gasteiger charge is 2.25. The Bertz CT molecular complexity index is 381. The van der Waals surface area contributed by atoms with Crippen LogP contribution in [0.25, 0.3) is 0 Å². The van der Waals surface area contributed by atoms with Crippen LogP contribution in [-0.4, -0.2) is 24.7 Å². The fourth-order valence-corrected chi connectivity index (χ4v) is 3.03. The normalized spacial score (nSPS) is 23.9. The summed E-state index contributed by atoms with van der Waals surface area (Å²) in [6.45, 7) is 3.34. The Labute approximate surface area is 116 Å². The summed E-state index contributed by atoms with van der Waals surface area (Å²) in [6.07, 6.45) is 11.6. The van der Waals surface area contributed by atoms with Gasteiger partial charge >= 0.3 is 0 Å². The maximum absolute atomic E-state index is 5.31. The molecule has 2 rings (SSSR count). The number of nitrogens with zero attached hydrogens (tertiary/aromatic N) is 1. The van der Waals surface area contributed by atoms with Gasteiger partial charge < -0.3 is 10.1 Å². The first-order valence-electron chi connectivity index (χ1n) is 7.57. The lowest BCUT2D eigenvalue weighted by Gasteiger charge is -2.26. The lowest BCUT2D eigenvalue weighted by Crippen LogP contribution is -2.34. The molecule has 0 spiro atoms. The second-order valence-corrected chi connectivity index (χ2v) is 5.46. The van der Waals surface area contributed by atoms with Crippen molar-refractivity contribution in [3.05, 3.63) is 24.0 Å². The number of hydrogen-bond acceptors (Lipinski definition) is 3. The van der Waals surface area contributed by atoms with Gasteiger partial charge in [0.2, 0.25) is 0 Å². The quantitative estimate of drug-likeness (QED) is 0.825. The van der Waals surface area contributed by atoms with E-state index in [2.05, 4.69) is 23.3 Å². The Balaban J connectivity index is 2.15. The smallest absolute Gasteiger partial charge is 0.137 e. The monoisotopic (exact) mass is 262 g/mol. The molecule has 0 bridgehead atoms. The molecule has 2 atom stereocenters. The lowest BCUT2D eigenvalue weighted by molar-refractivity contribution is 0.398. The van der Waals surface area contributed by atoms with Gasteiger partial charge in [-0.3, -0.25) is 4.98 Å². The molecule has 1 fully saturated rings. The number of aromatic nitrogens is 1. The molecule has 1 heterocycles. The number of pyridine rings is 1.